The van der Waals surface area contributed by atoms with Gasteiger partial charge in [0.2, 0.25) is 0 Å². The Bertz CT molecular complexity index is 221. The van der Waals surface area contributed by atoms with Crippen LogP contribution in [0.1, 0.15) is 12.7 Å². The van der Waals surface area contributed by atoms with Crippen molar-refractivity contribution in [3.8, 4) is 0 Å². The van der Waals surface area contributed by atoms with Crippen LogP contribution in [0.15, 0.2) is 24.7 Å². The molecule has 0 amide bonds. The zero-order valence-electron chi connectivity index (χ0n) is 6.40. The van der Waals surface area contributed by atoms with Gasteiger partial charge in [0.25, 0.3) is 0 Å². The van der Waals surface area contributed by atoms with E-state index in [0.717, 1.165) is 0 Å². The highest BCUT2D eigenvalue weighted by Crippen LogP contribution is 1.90. The first-order valence-electron chi connectivity index (χ1n) is 3.48. The minimum Gasteiger partial charge on any atom is -0.501 e. The molecule has 0 saturated carbocycles. The van der Waals surface area contributed by atoms with E-state index >= 15 is 0 Å². The Morgan fingerprint density at radius 1 is 1.45 bits per heavy atom. The molecular weight excluding hydrogens is 140 g/mol. The summed E-state index contributed by atoms with van der Waals surface area (Å²) in [6.45, 7) is 2.60. The van der Waals surface area contributed by atoms with Crippen molar-refractivity contribution in [3.63, 3.8) is 0 Å². The number of rotatable bonds is 3. The smallest absolute Gasteiger partial charge is 0.154 e. The van der Waals surface area contributed by atoms with Crippen molar-refractivity contribution in [3.05, 3.63) is 30.5 Å². The molecule has 1 aromatic heterocycles. The first-order chi connectivity index (χ1) is 5.43. The summed E-state index contributed by atoms with van der Waals surface area (Å²) >= 11 is 0. The van der Waals surface area contributed by atoms with E-state index < -0.39 is 0 Å². The first kappa shape index (κ1) is 7.72. The van der Waals surface area contributed by atoms with Gasteiger partial charge in [-0.3, -0.25) is 0 Å². The molecule has 0 atom stereocenters. The predicted octanol–water partition coefficient (Wildman–Crippen LogP) is 1.48. The maximum atomic E-state index is 4.98. The van der Waals surface area contributed by atoms with Crippen molar-refractivity contribution in [1.82, 2.24) is 9.97 Å². The van der Waals surface area contributed by atoms with Crippen LogP contribution in [0.25, 0.3) is 6.08 Å². The van der Waals surface area contributed by atoms with Crippen molar-refractivity contribution in [2.24, 2.45) is 0 Å². The van der Waals surface area contributed by atoms with Crippen molar-refractivity contribution < 1.29 is 4.74 Å². The highest BCUT2D eigenvalue weighted by molar-refractivity contribution is 5.36. The molecule has 0 radical (unpaired) electrons. The number of ether oxygens (including phenoxy) is 1. The van der Waals surface area contributed by atoms with E-state index in [4.69, 9.17) is 4.74 Å². The summed E-state index contributed by atoms with van der Waals surface area (Å²) in [5.41, 5.74) is 0. The van der Waals surface area contributed by atoms with Crippen LogP contribution >= 0.6 is 0 Å². The van der Waals surface area contributed by atoms with Gasteiger partial charge in [-0.2, -0.15) is 0 Å². The maximum Gasteiger partial charge on any atom is 0.154 e. The SMILES string of the molecule is CCOC=Cc1ncccn1. The molecule has 1 rings (SSSR count). The van der Waals surface area contributed by atoms with E-state index in [-0.39, 0.29) is 0 Å². The molecule has 0 fully saturated rings. The van der Waals surface area contributed by atoms with Crippen LogP contribution < -0.4 is 0 Å². The minimum atomic E-state index is 0.668. The normalized spacial score (nSPS) is 10.3. The molecule has 3 heteroatoms. The Balaban J connectivity index is 2.50. The zero-order chi connectivity index (χ0) is 7.94. The molecule has 0 N–H and O–H groups in total. The van der Waals surface area contributed by atoms with Crippen molar-refractivity contribution in [2.75, 3.05) is 6.61 Å². The fourth-order valence-corrected chi connectivity index (χ4v) is 0.602. The molecule has 1 aromatic rings. The van der Waals surface area contributed by atoms with Crippen LogP contribution in [0.2, 0.25) is 0 Å². The number of hydrogen-bond acceptors (Lipinski definition) is 3. The topological polar surface area (TPSA) is 35.0 Å². The summed E-state index contributed by atoms with van der Waals surface area (Å²) in [6, 6.07) is 1.78. The molecule has 0 saturated heterocycles. The van der Waals surface area contributed by atoms with Crippen molar-refractivity contribution in [1.29, 1.82) is 0 Å². The molecule has 0 aliphatic carbocycles. The molecule has 3 nitrogen and oxygen atoms in total. The van der Waals surface area contributed by atoms with Crippen molar-refractivity contribution >= 4 is 6.08 Å². The van der Waals surface area contributed by atoms with E-state index in [1.54, 1.807) is 30.8 Å². The molecule has 11 heavy (non-hydrogen) atoms. The third kappa shape index (κ3) is 2.80. The van der Waals surface area contributed by atoms with Gasteiger partial charge >= 0.3 is 0 Å². The Hall–Kier alpha value is -1.38. The van der Waals surface area contributed by atoms with E-state index in [1.807, 2.05) is 6.92 Å². The van der Waals surface area contributed by atoms with Gasteiger partial charge in [-0.15, -0.1) is 0 Å². The highest BCUT2D eigenvalue weighted by Gasteiger charge is 1.83. The van der Waals surface area contributed by atoms with Crippen LogP contribution in [-0.2, 0) is 4.74 Å². The fraction of sp³-hybridized carbons (Fsp3) is 0.250. The van der Waals surface area contributed by atoms with Gasteiger partial charge in [-0.1, -0.05) is 0 Å². The number of nitrogens with zero attached hydrogens (tertiary/aromatic N) is 2. The van der Waals surface area contributed by atoms with E-state index in [1.165, 1.54) is 0 Å². The van der Waals surface area contributed by atoms with E-state index in [0.29, 0.717) is 12.4 Å². The minimum absolute atomic E-state index is 0.668. The second kappa shape index (κ2) is 4.44. The summed E-state index contributed by atoms with van der Waals surface area (Å²) < 4.78 is 4.98. The van der Waals surface area contributed by atoms with Crippen LogP contribution in [0.5, 0.6) is 0 Å². The summed E-state index contributed by atoms with van der Waals surface area (Å²) in [4.78, 5) is 7.95. The molecule has 1 heterocycles. The summed E-state index contributed by atoms with van der Waals surface area (Å²) in [7, 11) is 0. The Labute approximate surface area is 65.8 Å². The van der Waals surface area contributed by atoms with Gasteiger partial charge in [0.1, 0.15) is 0 Å². The molecule has 58 valence electrons. The van der Waals surface area contributed by atoms with Gasteiger partial charge in [-0.25, -0.2) is 9.97 Å². The van der Waals surface area contributed by atoms with Crippen molar-refractivity contribution in [2.45, 2.75) is 6.92 Å². The van der Waals surface area contributed by atoms with E-state index in [9.17, 15) is 0 Å². The van der Waals surface area contributed by atoms with Gasteiger partial charge in [0, 0.05) is 18.5 Å². The molecule has 0 unspecified atom stereocenters. The third-order valence-corrected chi connectivity index (χ3v) is 1.07. The number of aromatic nitrogens is 2. The Morgan fingerprint density at radius 3 is 2.82 bits per heavy atom. The third-order valence-electron chi connectivity index (χ3n) is 1.07. The van der Waals surface area contributed by atoms with Gasteiger partial charge in [0.15, 0.2) is 5.82 Å². The standard InChI is InChI=1S/C8H10N2O/c1-2-11-7-4-8-9-5-3-6-10-8/h3-7H,2H2,1H3. The lowest BCUT2D eigenvalue weighted by Gasteiger charge is -1.91. The lowest BCUT2D eigenvalue weighted by Crippen LogP contribution is -1.84. The number of hydrogen-bond donors (Lipinski definition) is 0. The average Bonchev–Trinajstić information content (AvgIpc) is 2.07. The van der Waals surface area contributed by atoms with Gasteiger partial charge in [-0.05, 0) is 13.0 Å². The molecule has 0 bridgehead atoms. The van der Waals surface area contributed by atoms with Crippen LogP contribution in [0, 0.1) is 0 Å². The largest absolute Gasteiger partial charge is 0.501 e. The monoisotopic (exact) mass is 150 g/mol. The fourth-order valence-electron chi connectivity index (χ4n) is 0.602. The van der Waals surface area contributed by atoms with Gasteiger partial charge in [0.05, 0.1) is 12.9 Å². The highest BCUT2D eigenvalue weighted by atomic mass is 16.5. The molecule has 0 aliphatic rings. The second-order valence-corrected chi connectivity index (χ2v) is 1.87. The van der Waals surface area contributed by atoms with Crippen LogP contribution in [0.4, 0.5) is 0 Å². The molecule has 0 spiro atoms. The lowest BCUT2D eigenvalue weighted by molar-refractivity contribution is 0.272. The Morgan fingerprint density at radius 2 is 2.18 bits per heavy atom. The van der Waals surface area contributed by atoms with E-state index in [2.05, 4.69) is 9.97 Å². The molecule has 0 aliphatic heterocycles. The molecular formula is C8H10N2O. The summed E-state index contributed by atoms with van der Waals surface area (Å²) in [5.74, 6) is 0.668. The van der Waals surface area contributed by atoms with Crippen LogP contribution in [-0.4, -0.2) is 16.6 Å². The van der Waals surface area contributed by atoms with Crippen LogP contribution in [0.3, 0.4) is 0 Å². The Kier molecular flexibility index (Phi) is 3.12. The van der Waals surface area contributed by atoms with Gasteiger partial charge < -0.3 is 4.74 Å². The zero-order valence-corrected chi connectivity index (χ0v) is 6.40. The summed E-state index contributed by atoms with van der Waals surface area (Å²) in [5, 5.41) is 0. The quantitative estimate of drug-likeness (QED) is 0.612. The first-order valence-corrected chi connectivity index (χ1v) is 3.48. The second-order valence-electron chi connectivity index (χ2n) is 1.87. The maximum absolute atomic E-state index is 4.98. The molecule has 0 aromatic carbocycles. The lowest BCUT2D eigenvalue weighted by atomic mass is 10.5. The average molecular weight is 150 g/mol. The summed E-state index contributed by atoms with van der Waals surface area (Å²) in [6.07, 6.45) is 6.70. The predicted molar refractivity (Wildman–Crippen MR) is 42.7 cm³/mol.